The molecule has 0 bridgehead atoms. The largest absolute Gasteiger partial charge is 0.399 e. The predicted molar refractivity (Wildman–Crippen MR) is 197 cm³/mol. The van der Waals surface area contributed by atoms with Gasteiger partial charge in [0.25, 0.3) is 0 Å². The molecule has 3 aromatic carbocycles. The second-order valence-corrected chi connectivity index (χ2v) is 15.6. The van der Waals surface area contributed by atoms with E-state index in [0.717, 1.165) is 44.9 Å². The molecule has 13 heteroatoms. The third kappa shape index (κ3) is 8.56. The number of anilines is 1. The number of likely N-dealkylation sites (N-methyl/N-ethyl adjacent to an activating group) is 1. The number of carbonyl (C=O) groups is 2. The highest BCUT2D eigenvalue weighted by Crippen LogP contribution is 2.49. The quantitative estimate of drug-likeness (QED) is 0.0750. The Labute approximate surface area is 293 Å². The van der Waals surface area contributed by atoms with Gasteiger partial charge >= 0.3 is 0 Å². The summed E-state index contributed by atoms with van der Waals surface area (Å²) in [6, 6.07) is 23.8. The second-order valence-electron chi connectivity index (χ2n) is 12.3. The minimum Gasteiger partial charge on any atom is -0.399 e. The van der Waals surface area contributed by atoms with Crippen LogP contribution in [0.3, 0.4) is 0 Å². The lowest BCUT2D eigenvalue weighted by molar-refractivity contribution is -0.120. The number of oxime groups is 1. The van der Waals surface area contributed by atoms with E-state index in [1.54, 1.807) is 18.9 Å². The highest BCUT2D eigenvalue weighted by Gasteiger charge is 2.29. The van der Waals surface area contributed by atoms with Crippen molar-refractivity contribution in [2.45, 2.75) is 39.8 Å². The Morgan fingerprint density at radius 2 is 1.70 bits per heavy atom. The lowest BCUT2D eigenvalue weighted by atomic mass is 9.95. The van der Waals surface area contributed by atoms with E-state index in [9.17, 15) is 14.2 Å². The van der Waals surface area contributed by atoms with Gasteiger partial charge in [0.15, 0.2) is 7.29 Å². The van der Waals surface area contributed by atoms with E-state index in [-0.39, 0.29) is 31.0 Å². The van der Waals surface area contributed by atoms with Crippen molar-refractivity contribution in [3.8, 4) is 22.5 Å². The number of nitrogens with one attached hydrogen (secondary N) is 1. The van der Waals surface area contributed by atoms with E-state index in [1.165, 1.54) is 7.11 Å². The number of fused-ring (bicyclic) bond motifs is 5. The van der Waals surface area contributed by atoms with Gasteiger partial charge in [-0.15, -0.1) is 5.10 Å². The fourth-order valence-electron chi connectivity index (χ4n) is 6.14. The first-order valence-electron chi connectivity index (χ1n) is 16.8. The summed E-state index contributed by atoms with van der Waals surface area (Å²) in [5, 5.41) is 15.7. The van der Waals surface area contributed by atoms with Crippen molar-refractivity contribution in [3.05, 3.63) is 89.5 Å². The Balaban J connectivity index is 1.26. The zero-order chi connectivity index (χ0) is 35.7. The summed E-state index contributed by atoms with van der Waals surface area (Å²) in [6.07, 6.45) is 1.47. The molecule has 0 fully saturated rings. The number of nitrogens with zero attached hydrogens (tertiary/aromatic N) is 6. The zero-order valence-corrected chi connectivity index (χ0v) is 30.4. The van der Waals surface area contributed by atoms with Crippen LogP contribution < -0.4 is 10.2 Å². The lowest BCUT2D eigenvalue weighted by Gasteiger charge is -2.28. The van der Waals surface area contributed by atoms with Gasteiger partial charge < -0.3 is 24.4 Å². The van der Waals surface area contributed by atoms with Crippen molar-refractivity contribution < 1.29 is 23.7 Å². The summed E-state index contributed by atoms with van der Waals surface area (Å²) in [7, 11) is 2.05. The Bertz CT molecular complexity index is 1870. The van der Waals surface area contributed by atoms with Gasteiger partial charge in [0.1, 0.15) is 12.8 Å². The summed E-state index contributed by atoms with van der Waals surface area (Å²) in [6.45, 7) is 5.49. The van der Waals surface area contributed by atoms with Crippen molar-refractivity contribution >= 4 is 30.5 Å². The summed E-state index contributed by atoms with van der Waals surface area (Å²) < 4.78 is 24.2. The first-order valence-corrected chi connectivity index (χ1v) is 18.8. The number of rotatable bonds is 15. The van der Waals surface area contributed by atoms with E-state index in [1.807, 2.05) is 96.1 Å². The number of aromatic nitrogens is 3. The number of hydrogen-bond acceptors (Lipinski definition) is 8. The number of carbonyl (C=O) groups excluding carboxylic acids is 2. The molecule has 1 aromatic heterocycles. The molecule has 2 heterocycles. The van der Waals surface area contributed by atoms with Gasteiger partial charge in [0.2, 0.25) is 11.8 Å². The van der Waals surface area contributed by atoms with Crippen LogP contribution in [0, 0.1) is 0 Å². The third-order valence-electron chi connectivity index (χ3n) is 9.11. The van der Waals surface area contributed by atoms with Crippen LogP contribution in [-0.2, 0) is 43.2 Å². The maximum Gasteiger partial charge on any atom is 0.224 e. The fraction of sp³-hybridized carbons (Fsp3) is 0.378. The van der Waals surface area contributed by atoms with Crippen molar-refractivity contribution in [2.24, 2.45) is 5.16 Å². The average Bonchev–Trinajstić information content (AvgIpc) is 3.54. The molecule has 0 aliphatic carbocycles. The molecule has 1 atom stereocenters. The van der Waals surface area contributed by atoms with Crippen LogP contribution in [0.2, 0.25) is 0 Å². The molecule has 0 radical (unpaired) electrons. The van der Waals surface area contributed by atoms with Crippen molar-refractivity contribution in [3.63, 3.8) is 0 Å². The molecular weight excluding hydrogens is 653 g/mol. The van der Waals surface area contributed by atoms with Gasteiger partial charge in [-0.1, -0.05) is 77.1 Å². The molecule has 0 saturated heterocycles. The van der Waals surface area contributed by atoms with Gasteiger partial charge in [0, 0.05) is 50.4 Å². The highest BCUT2D eigenvalue weighted by molar-refractivity contribution is 7.61. The van der Waals surface area contributed by atoms with E-state index < -0.39 is 7.29 Å². The van der Waals surface area contributed by atoms with Gasteiger partial charge in [0.05, 0.1) is 43.4 Å². The van der Waals surface area contributed by atoms with Crippen molar-refractivity contribution in [2.75, 3.05) is 58.2 Å². The molecule has 50 heavy (non-hydrogen) atoms. The molecule has 0 saturated carbocycles. The topological polar surface area (TPSA) is 131 Å². The Morgan fingerprint density at radius 3 is 2.42 bits per heavy atom. The van der Waals surface area contributed by atoms with E-state index in [4.69, 9.17) is 9.57 Å². The normalized spacial score (nSPS) is 13.8. The van der Waals surface area contributed by atoms with Gasteiger partial charge in [-0.3, -0.25) is 14.3 Å². The Hall–Kier alpha value is -4.64. The minimum absolute atomic E-state index is 0.0485. The molecule has 1 N–H and O–H groups in total. The monoisotopic (exact) mass is 699 g/mol. The van der Waals surface area contributed by atoms with Gasteiger partial charge in [-0.05, 0) is 43.1 Å². The summed E-state index contributed by atoms with van der Waals surface area (Å²) in [5.74, 6) is -0.188. The summed E-state index contributed by atoms with van der Waals surface area (Å²) in [5.41, 5.74) is 8.03. The lowest BCUT2D eigenvalue weighted by Crippen LogP contribution is -2.29. The van der Waals surface area contributed by atoms with Crippen LogP contribution in [0.1, 0.15) is 37.0 Å². The smallest absolute Gasteiger partial charge is 0.224 e. The maximum atomic E-state index is 14.3. The third-order valence-corrected chi connectivity index (χ3v) is 12.4. The number of hydrogen-bond donors (Lipinski definition) is 1. The molecule has 1 aliphatic heterocycles. The first-order chi connectivity index (χ1) is 24.1. The standard InChI is InChI=1S/C37H46N7O5P/c1-27(40-48-5)30-16-14-29(15-17-30)18-20-42(4)50(47,24-19-35(46)38-3)25-23-49-22-21-44-37-32-11-7-6-10-31(32)26-43(28(2)45)34-13-9-8-12-33(34)36(37)39-41-44/h6-17H,18-26H2,1-5H3,(H,38,46)/b40-27-. The van der Waals surface area contributed by atoms with Crippen LogP contribution in [0.5, 0.6) is 0 Å². The molecule has 1 aliphatic rings. The first kappa shape index (κ1) is 36.6. The van der Waals surface area contributed by atoms with Crippen LogP contribution in [-0.4, -0.2) is 90.5 Å². The Morgan fingerprint density at radius 1 is 0.980 bits per heavy atom. The van der Waals surface area contributed by atoms with Gasteiger partial charge in [-0.25, -0.2) is 4.68 Å². The van der Waals surface area contributed by atoms with Crippen LogP contribution in [0.15, 0.2) is 78.0 Å². The van der Waals surface area contributed by atoms with Crippen LogP contribution in [0.25, 0.3) is 22.5 Å². The van der Waals surface area contributed by atoms with Crippen molar-refractivity contribution in [1.29, 1.82) is 0 Å². The van der Waals surface area contributed by atoms with Crippen LogP contribution >= 0.6 is 7.29 Å². The number of ether oxygens (including phenoxy) is 1. The van der Waals surface area contributed by atoms with E-state index in [0.29, 0.717) is 44.5 Å². The molecule has 5 rings (SSSR count). The van der Waals surface area contributed by atoms with E-state index in [2.05, 4.69) is 20.8 Å². The predicted octanol–water partition coefficient (Wildman–Crippen LogP) is 5.45. The minimum atomic E-state index is -2.93. The average molecular weight is 700 g/mol. The SMILES string of the molecule is CNC(=O)CCP(=O)(CCOCCn1nnc2c1-c1ccccc1CN(C(C)=O)c1ccccc1-2)N(C)CCc1ccc(/C(C)=N\OC)cc1. The molecule has 264 valence electrons. The summed E-state index contributed by atoms with van der Waals surface area (Å²) >= 11 is 0. The van der Waals surface area contributed by atoms with Crippen molar-refractivity contribution in [1.82, 2.24) is 25.0 Å². The molecule has 2 amide bonds. The second kappa shape index (κ2) is 16.8. The number of benzene rings is 3. The molecule has 0 spiro atoms. The molecular formula is C37H46N7O5P. The molecule has 1 unspecified atom stereocenters. The molecule has 4 aromatic rings. The maximum absolute atomic E-state index is 14.3. The Kier molecular flexibility index (Phi) is 12.3. The summed E-state index contributed by atoms with van der Waals surface area (Å²) in [4.78, 5) is 31.5. The highest BCUT2D eigenvalue weighted by atomic mass is 31.2. The van der Waals surface area contributed by atoms with E-state index >= 15 is 0 Å². The van der Waals surface area contributed by atoms with Gasteiger partial charge in [-0.2, -0.15) is 0 Å². The fourth-order valence-corrected chi connectivity index (χ4v) is 8.48. The number of amides is 2. The number of para-hydroxylation sites is 1. The zero-order valence-electron chi connectivity index (χ0n) is 29.5. The van der Waals surface area contributed by atoms with Crippen LogP contribution in [0.4, 0.5) is 5.69 Å². The molecule has 12 nitrogen and oxygen atoms in total.